The number of carbonyl (C=O) groups excluding carboxylic acids is 1. The summed E-state index contributed by atoms with van der Waals surface area (Å²) in [4.78, 5) is 16.2. The molecule has 1 aromatic rings. The van der Waals surface area contributed by atoms with Gasteiger partial charge in [-0.15, -0.1) is 0 Å². The molecule has 0 aliphatic carbocycles. The summed E-state index contributed by atoms with van der Waals surface area (Å²) in [5, 5.41) is 0. The Kier molecular flexibility index (Phi) is 2.65. The molecule has 1 fully saturated rings. The van der Waals surface area contributed by atoms with Gasteiger partial charge in [-0.05, 0) is 13.0 Å². The topological polar surface area (TPSA) is 91.2 Å². The van der Waals surface area contributed by atoms with E-state index in [2.05, 4.69) is 4.98 Å². The fourth-order valence-corrected chi connectivity index (χ4v) is 1.83. The van der Waals surface area contributed by atoms with Crippen LogP contribution in [0.3, 0.4) is 0 Å². The highest BCUT2D eigenvalue weighted by Gasteiger charge is 2.45. The minimum atomic E-state index is -0.697. The number of rotatable bonds is 2. The number of hydrogen-bond donors (Lipinski definition) is 2. The Balaban J connectivity index is 2.36. The van der Waals surface area contributed by atoms with E-state index < -0.39 is 5.41 Å². The molecule has 1 saturated heterocycles. The van der Waals surface area contributed by atoms with Crippen molar-refractivity contribution in [3.05, 3.63) is 24.0 Å². The van der Waals surface area contributed by atoms with Gasteiger partial charge in [0.1, 0.15) is 0 Å². The highest BCUT2D eigenvalue weighted by Crippen LogP contribution is 2.32. The zero-order chi connectivity index (χ0) is 11.8. The summed E-state index contributed by atoms with van der Waals surface area (Å²) in [5.74, 6) is -0.0944. The van der Waals surface area contributed by atoms with Crippen molar-refractivity contribution in [2.45, 2.75) is 13.0 Å². The second kappa shape index (κ2) is 3.84. The molecule has 1 aromatic heterocycles. The monoisotopic (exact) mass is 221 g/mol. The normalized spacial score (nSPS) is 29.2. The number of carbonyl (C=O) groups is 1. The summed E-state index contributed by atoms with van der Waals surface area (Å²) in [7, 11) is 0. The Labute approximate surface area is 93.8 Å². The first-order chi connectivity index (χ1) is 7.55. The van der Waals surface area contributed by atoms with Crippen LogP contribution in [-0.4, -0.2) is 30.0 Å². The molecule has 2 heterocycles. The third kappa shape index (κ3) is 1.58. The summed E-state index contributed by atoms with van der Waals surface area (Å²) < 4.78 is 5.25. The third-order valence-corrected chi connectivity index (χ3v) is 3.14. The molecule has 1 aliphatic heterocycles. The summed E-state index contributed by atoms with van der Waals surface area (Å²) >= 11 is 0. The molecule has 86 valence electrons. The van der Waals surface area contributed by atoms with E-state index in [-0.39, 0.29) is 11.8 Å². The van der Waals surface area contributed by atoms with Gasteiger partial charge in [-0.1, -0.05) is 0 Å². The van der Waals surface area contributed by atoms with Gasteiger partial charge in [-0.2, -0.15) is 0 Å². The van der Waals surface area contributed by atoms with Crippen molar-refractivity contribution in [1.29, 1.82) is 0 Å². The first-order valence-electron chi connectivity index (χ1n) is 5.13. The molecule has 0 aromatic carbocycles. The van der Waals surface area contributed by atoms with Gasteiger partial charge in [0.05, 0.1) is 24.2 Å². The van der Waals surface area contributed by atoms with Crippen LogP contribution in [0.5, 0.6) is 0 Å². The van der Waals surface area contributed by atoms with E-state index in [1.807, 2.05) is 0 Å². The van der Waals surface area contributed by atoms with Crippen LogP contribution in [0.15, 0.2) is 18.5 Å². The highest BCUT2D eigenvalue weighted by atomic mass is 16.5. The number of Topliss-reactive ketones (excluding diaryl/α,β-unsaturated/α-hetero) is 1. The van der Waals surface area contributed by atoms with Gasteiger partial charge >= 0.3 is 0 Å². The van der Waals surface area contributed by atoms with Crippen LogP contribution in [0.25, 0.3) is 0 Å². The minimum absolute atomic E-state index is 0.0944. The van der Waals surface area contributed by atoms with Crippen LogP contribution >= 0.6 is 0 Å². The second-order valence-corrected chi connectivity index (χ2v) is 4.33. The standard InChI is InChI=1S/C11H15N3O2/c1-11(6-16-5-9(11)13)10(15)7-4-14-3-2-8(7)12/h2-4,9H,5-6,13H2,1H3,(H2,12,14). The van der Waals surface area contributed by atoms with Gasteiger partial charge in [0, 0.05) is 24.1 Å². The molecule has 5 nitrogen and oxygen atoms in total. The van der Waals surface area contributed by atoms with Gasteiger partial charge in [0.2, 0.25) is 0 Å². The Morgan fingerprint density at radius 3 is 3.00 bits per heavy atom. The number of aromatic nitrogens is 1. The van der Waals surface area contributed by atoms with E-state index in [0.29, 0.717) is 24.5 Å². The molecule has 0 bridgehead atoms. The molecule has 0 radical (unpaired) electrons. The zero-order valence-corrected chi connectivity index (χ0v) is 9.14. The number of pyridine rings is 1. The number of anilines is 1. The Morgan fingerprint density at radius 1 is 1.69 bits per heavy atom. The number of ketones is 1. The number of nitrogens with zero attached hydrogens (tertiary/aromatic N) is 1. The van der Waals surface area contributed by atoms with Crippen molar-refractivity contribution in [2.75, 3.05) is 18.9 Å². The molecule has 16 heavy (non-hydrogen) atoms. The van der Waals surface area contributed by atoms with E-state index in [1.165, 1.54) is 6.20 Å². The quantitative estimate of drug-likeness (QED) is 0.696. The van der Waals surface area contributed by atoms with Crippen LogP contribution < -0.4 is 11.5 Å². The number of nitrogen functional groups attached to an aromatic ring is 1. The smallest absolute Gasteiger partial charge is 0.176 e. The molecule has 0 saturated carbocycles. The molecule has 2 unspecified atom stereocenters. The van der Waals surface area contributed by atoms with Crippen molar-refractivity contribution in [2.24, 2.45) is 11.1 Å². The number of hydrogen-bond acceptors (Lipinski definition) is 5. The van der Waals surface area contributed by atoms with Crippen molar-refractivity contribution >= 4 is 11.5 Å². The second-order valence-electron chi connectivity index (χ2n) is 4.33. The predicted octanol–water partition coefficient (Wildman–Crippen LogP) is 0.210. The lowest BCUT2D eigenvalue weighted by Crippen LogP contribution is -2.44. The van der Waals surface area contributed by atoms with Gasteiger partial charge in [-0.25, -0.2) is 0 Å². The van der Waals surface area contributed by atoms with Gasteiger partial charge in [-0.3, -0.25) is 9.78 Å². The summed E-state index contributed by atoms with van der Waals surface area (Å²) in [5.41, 5.74) is 11.8. The van der Waals surface area contributed by atoms with Gasteiger partial charge in [0.15, 0.2) is 5.78 Å². The molecular formula is C11H15N3O2. The molecule has 0 spiro atoms. The average molecular weight is 221 g/mol. The Hall–Kier alpha value is -1.46. The van der Waals surface area contributed by atoms with Crippen molar-refractivity contribution in [3.8, 4) is 0 Å². The van der Waals surface area contributed by atoms with Crippen LogP contribution in [0.2, 0.25) is 0 Å². The molecular weight excluding hydrogens is 206 g/mol. The molecule has 1 aliphatic rings. The van der Waals surface area contributed by atoms with Crippen molar-refractivity contribution in [1.82, 2.24) is 4.98 Å². The lowest BCUT2D eigenvalue weighted by Gasteiger charge is -2.25. The molecule has 0 amide bonds. The maximum atomic E-state index is 12.3. The SMILES string of the molecule is CC1(C(=O)c2cnccc2N)COCC1N. The molecule has 2 rings (SSSR count). The maximum Gasteiger partial charge on any atom is 0.176 e. The van der Waals surface area contributed by atoms with E-state index in [9.17, 15) is 4.79 Å². The summed E-state index contributed by atoms with van der Waals surface area (Å²) in [6, 6.07) is 1.32. The van der Waals surface area contributed by atoms with Gasteiger partial charge in [0.25, 0.3) is 0 Å². The third-order valence-electron chi connectivity index (χ3n) is 3.14. The van der Waals surface area contributed by atoms with E-state index in [0.717, 1.165) is 0 Å². The van der Waals surface area contributed by atoms with Gasteiger partial charge < -0.3 is 16.2 Å². The van der Waals surface area contributed by atoms with Crippen LogP contribution in [0.4, 0.5) is 5.69 Å². The average Bonchev–Trinajstić information content (AvgIpc) is 2.60. The summed E-state index contributed by atoms with van der Waals surface area (Å²) in [6.07, 6.45) is 3.04. The lowest BCUT2D eigenvalue weighted by molar-refractivity contribution is 0.0768. The first-order valence-corrected chi connectivity index (χ1v) is 5.13. The minimum Gasteiger partial charge on any atom is -0.398 e. The largest absolute Gasteiger partial charge is 0.398 e. The Morgan fingerprint density at radius 2 is 2.44 bits per heavy atom. The fourth-order valence-electron chi connectivity index (χ4n) is 1.83. The lowest BCUT2D eigenvalue weighted by atomic mass is 9.78. The van der Waals surface area contributed by atoms with Crippen molar-refractivity contribution < 1.29 is 9.53 Å². The number of nitrogens with two attached hydrogens (primary N) is 2. The van der Waals surface area contributed by atoms with E-state index in [1.54, 1.807) is 19.2 Å². The van der Waals surface area contributed by atoms with E-state index >= 15 is 0 Å². The Bertz CT molecular complexity index is 421. The molecule has 2 atom stereocenters. The maximum absolute atomic E-state index is 12.3. The van der Waals surface area contributed by atoms with Crippen molar-refractivity contribution in [3.63, 3.8) is 0 Å². The van der Waals surface area contributed by atoms with Crippen LogP contribution in [0, 0.1) is 5.41 Å². The fraction of sp³-hybridized carbons (Fsp3) is 0.455. The molecule has 4 N–H and O–H groups in total. The highest BCUT2D eigenvalue weighted by molar-refractivity contribution is 6.04. The van der Waals surface area contributed by atoms with E-state index in [4.69, 9.17) is 16.2 Å². The summed E-state index contributed by atoms with van der Waals surface area (Å²) in [6.45, 7) is 2.54. The number of ether oxygens (including phenoxy) is 1. The van der Waals surface area contributed by atoms with Crippen LogP contribution in [-0.2, 0) is 4.74 Å². The zero-order valence-electron chi connectivity index (χ0n) is 9.14. The first kappa shape index (κ1) is 11.0. The molecule has 5 heteroatoms. The predicted molar refractivity (Wildman–Crippen MR) is 59.9 cm³/mol. The van der Waals surface area contributed by atoms with Crippen LogP contribution in [0.1, 0.15) is 17.3 Å².